The highest BCUT2D eigenvalue weighted by atomic mass is 15.0. The van der Waals surface area contributed by atoms with Crippen LogP contribution in [0, 0.1) is 0 Å². The molecule has 19 heavy (non-hydrogen) atoms. The third-order valence-electron chi connectivity index (χ3n) is 4.02. The summed E-state index contributed by atoms with van der Waals surface area (Å²) in [5.41, 5.74) is 4.10. The molecule has 0 unspecified atom stereocenters. The molecule has 2 N–H and O–H groups in total. The number of nitrogens with one attached hydrogen (secondary N) is 2. The van der Waals surface area contributed by atoms with Gasteiger partial charge in [-0.2, -0.15) is 0 Å². The molecule has 1 aromatic heterocycles. The van der Waals surface area contributed by atoms with Gasteiger partial charge in [0.1, 0.15) is 12.1 Å². The Hall–Kier alpha value is -1.42. The Bertz CT molecular complexity index is 467. The molecule has 1 aliphatic carbocycles. The first kappa shape index (κ1) is 12.6. The number of aromatic nitrogens is 2. The normalized spacial score (nSPS) is 19.3. The smallest absolute Gasteiger partial charge is 0.133 e. The van der Waals surface area contributed by atoms with E-state index in [2.05, 4.69) is 26.7 Å². The standard InChI is InChI=1S/C15H22N4/c1-2-4-13-14(5-3-1)18-11-19-15(13)17-10-12-6-8-16-9-7-12/h6,11,16H,1-5,7-10H2,(H,17,18,19). The van der Waals surface area contributed by atoms with Crippen molar-refractivity contribution in [1.29, 1.82) is 0 Å². The van der Waals surface area contributed by atoms with E-state index in [1.54, 1.807) is 6.33 Å². The average Bonchev–Trinajstić information content (AvgIpc) is 2.72. The topological polar surface area (TPSA) is 49.8 Å². The van der Waals surface area contributed by atoms with Gasteiger partial charge in [-0.15, -0.1) is 0 Å². The highest BCUT2D eigenvalue weighted by molar-refractivity contribution is 5.47. The molecular weight excluding hydrogens is 236 g/mol. The van der Waals surface area contributed by atoms with Crippen LogP contribution in [0.2, 0.25) is 0 Å². The molecule has 3 rings (SSSR count). The van der Waals surface area contributed by atoms with Crippen molar-refractivity contribution in [3.05, 3.63) is 29.2 Å². The Morgan fingerprint density at radius 2 is 2.05 bits per heavy atom. The molecule has 1 aromatic rings. The molecule has 4 heteroatoms. The van der Waals surface area contributed by atoms with Gasteiger partial charge in [-0.25, -0.2) is 9.97 Å². The van der Waals surface area contributed by atoms with Gasteiger partial charge in [-0.1, -0.05) is 18.1 Å². The number of aryl methyl sites for hydroxylation is 1. The van der Waals surface area contributed by atoms with Gasteiger partial charge in [0.25, 0.3) is 0 Å². The molecule has 1 aliphatic heterocycles. The quantitative estimate of drug-likeness (QED) is 0.644. The summed E-state index contributed by atoms with van der Waals surface area (Å²) in [5, 5.41) is 6.86. The number of rotatable bonds is 3. The zero-order chi connectivity index (χ0) is 12.9. The van der Waals surface area contributed by atoms with Gasteiger partial charge in [-0.3, -0.25) is 0 Å². The minimum atomic E-state index is 0.922. The predicted octanol–water partition coefficient (Wildman–Crippen LogP) is 2.08. The maximum atomic E-state index is 4.46. The molecule has 0 saturated carbocycles. The summed E-state index contributed by atoms with van der Waals surface area (Å²) in [6, 6.07) is 0. The zero-order valence-corrected chi connectivity index (χ0v) is 11.4. The van der Waals surface area contributed by atoms with Crippen LogP contribution in [0.3, 0.4) is 0 Å². The van der Waals surface area contributed by atoms with E-state index in [4.69, 9.17) is 0 Å². The van der Waals surface area contributed by atoms with Crippen LogP contribution in [-0.4, -0.2) is 29.6 Å². The molecule has 102 valence electrons. The molecule has 0 spiro atoms. The van der Waals surface area contributed by atoms with Crippen LogP contribution in [0.5, 0.6) is 0 Å². The molecule has 4 nitrogen and oxygen atoms in total. The maximum absolute atomic E-state index is 4.46. The predicted molar refractivity (Wildman–Crippen MR) is 77.4 cm³/mol. The van der Waals surface area contributed by atoms with Crippen LogP contribution >= 0.6 is 0 Å². The second kappa shape index (κ2) is 6.15. The Kier molecular flexibility index (Phi) is 4.08. The summed E-state index contributed by atoms with van der Waals surface area (Å²) >= 11 is 0. The van der Waals surface area contributed by atoms with E-state index in [0.29, 0.717) is 0 Å². The van der Waals surface area contributed by atoms with Crippen LogP contribution in [0.1, 0.15) is 36.9 Å². The van der Waals surface area contributed by atoms with E-state index >= 15 is 0 Å². The largest absolute Gasteiger partial charge is 0.366 e. The summed E-state index contributed by atoms with van der Waals surface area (Å²) in [7, 11) is 0. The van der Waals surface area contributed by atoms with Crippen molar-refractivity contribution in [3.8, 4) is 0 Å². The number of hydrogen-bond acceptors (Lipinski definition) is 4. The molecular formula is C15H22N4. The van der Waals surface area contributed by atoms with Crippen molar-refractivity contribution in [2.45, 2.75) is 38.5 Å². The summed E-state index contributed by atoms with van der Waals surface area (Å²) in [5.74, 6) is 1.06. The van der Waals surface area contributed by atoms with Crippen LogP contribution in [0.15, 0.2) is 18.0 Å². The maximum Gasteiger partial charge on any atom is 0.133 e. The first-order valence-corrected chi connectivity index (χ1v) is 7.39. The lowest BCUT2D eigenvalue weighted by molar-refractivity contribution is 0.697. The minimum Gasteiger partial charge on any atom is -0.366 e. The van der Waals surface area contributed by atoms with Crippen LogP contribution in [0.25, 0.3) is 0 Å². The molecule has 2 aliphatic rings. The van der Waals surface area contributed by atoms with Crippen LogP contribution < -0.4 is 10.6 Å². The number of nitrogens with zero attached hydrogens (tertiary/aromatic N) is 2. The monoisotopic (exact) mass is 258 g/mol. The Morgan fingerprint density at radius 1 is 1.11 bits per heavy atom. The molecule has 0 radical (unpaired) electrons. The van der Waals surface area contributed by atoms with E-state index < -0.39 is 0 Å². The molecule has 2 heterocycles. The van der Waals surface area contributed by atoms with Crippen molar-refractivity contribution in [1.82, 2.24) is 15.3 Å². The first-order chi connectivity index (χ1) is 9.43. The van der Waals surface area contributed by atoms with Crippen molar-refractivity contribution >= 4 is 5.82 Å². The van der Waals surface area contributed by atoms with E-state index in [-0.39, 0.29) is 0 Å². The second-order valence-electron chi connectivity index (χ2n) is 5.38. The molecule has 0 fully saturated rings. The van der Waals surface area contributed by atoms with Crippen molar-refractivity contribution < 1.29 is 0 Å². The van der Waals surface area contributed by atoms with Gasteiger partial charge in [0, 0.05) is 24.3 Å². The summed E-state index contributed by atoms with van der Waals surface area (Å²) in [6.45, 7) is 3.01. The van der Waals surface area contributed by atoms with Gasteiger partial charge in [0.15, 0.2) is 0 Å². The highest BCUT2D eigenvalue weighted by Gasteiger charge is 2.14. The van der Waals surface area contributed by atoms with E-state index in [1.807, 2.05) is 0 Å². The Morgan fingerprint density at radius 3 is 2.95 bits per heavy atom. The van der Waals surface area contributed by atoms with E-state index in [9.17, 15) is 0 Å². The van der Waals surface area contributed by atoms with E-state index in [1.165, 1.54) is 36.1 Å². The summed E-state index contributed by atoms with van der Waals surface area (Å²) < 4.78 is 0. The second-order valence-corrected chi connectivity index (χ2v) is 5.38. The minimum absolute atomic E-state index is 0.922. The lowest BCUT2D eigenvalue weighted by atomic mass is 10.1. The van der Waals surface area contributed by atoms with E-state index in [0.717, 1.165) is 44.7 Å². The number of anilines is 1. The Labute approximate surface area is 114 Å². The van der Waals surface area contributed by atoms with Crippen LogP contribution in [0.4, 0.5) is 5.82 Å². The van der Waals surface area contributed by atoms with Gasteiger partial charge in [0.05, 0.1) is 0 Å². The lowest BCUT2D eigenvalue weighted by Crippen LogP contribution is -2.23. The molecule has 0 aromatic carbocycles. The zero-order valence-electron chi connectivity index (χ0n) is 11.4. The van der Waals surface area contributed by atoms with Crippen molar-refractivity contribution in [2.75, 3.05) is 25.0 Å². The molecule has 0 amide bonds. The SMILES string of the molecule is C1=C(CNc2ncnc3c2CCCCC3)CCNC1. The molecule has 0 bridgehead atoms. The fourth-order valence-corrected chi connectivity index (χ4v) is 2.88. The van der Waals surface area contributed by atoms with Gasteiger partial charge in [0.2, 0.25) is 0 Å². The third kappa shape index (κ3) is 3.13. The molecule has 0 saturated heterocycles. The number of fused-ring (bicyclic) bond motifs is 1. The highest BCUT2D eigenvalue weighted by Crippen LogP contribution is 2.24. The van der Waals surface area contributed by atoms with Crippen molar-refractivity contribution in [3.63, 3.8) is 0 Å². The van der Waals surface area contributed by atoms with Crippen molar-refractivity contribution in [2.24, 2.45) is 0 Å². The summed E-state index contributed by atoms with van der Waals surface area (Å²) in [6.07, 6.45) is 11.2. The Balaban J connectivity index is 1.72. The summed E-state index contributed by atoms with van der Waals surface area (Å²) in [4.78, 5) is 8.91. The van der Waals surface area contributed by atoms with Gasteiger partial charge < -0.3 is 10.6 Å². The van der Waals surface area contributed by atoms with Crippen LogP contribution in [-0.2, 0) is 12.8 Å². The third-order valence-corrected chi connectivity index (χ3v) is 4.02. The fraction of sp³-hybridized carbons (Fsp3) is 0.600. The van der Waals surface area contributed by atoms with Gasteiger partial charge in [-0.05, 0) is 38.6 Å². The fourth-order valence-electron chi connectivity index (χ4n) is 2.88. The molecule has 0 atom stereocenters. The van der Waals surface area contributed by atoms with Gasteiger partial charge >= 0.3 is 0 Å². The first-order valence-electron chi connectivity index (χ1n) is 7.39. The number of hydrogen-bond donors (Lipinski definition) is 2. The average molecular weight is 258 g/mol. The lowest BCUT2D eigenvalue weighted by Gasteiger charge is -2.17.